The van der Waals surface area contributed by atoms with E-state index in [1.54, 1.807) is 6.92 Å². The number of aliphatic carboxylic acids is 1. The molecule has 48 heavy (non-hydrogen) atoms. The van der Waals surface area contributed by atoms with Gasteiger partial charge in [0.1, 0.15) is 5.78 Å². The lowest BCUT2D eigenvalue weighted by molar-refractivity contribution is -0.148. The van der Waals surface area contributed by atoms with Crippen molar-refractivity contribution in [3.63, 3.8) is 0 Å². The summed E-state index contributed by atoms with van der Waals surface area (Å²) >= 11 is 0. The molecule has 0 fully saturated rings. The van der Waals surface area contributed by atoms with Crippen LogP contribution in [0.15, 0.2) is 0 Å². The Bertz CT molecular complexity index is 380. The highest BCUT2D eigenvalue weighted by Crippen LogP contribution is 2.00. The van der Waals surface area contributed by atoms with E-state index in [0.717, 1.165) is 19.3 Å². The third kappa shape index (κ3) is 166. The minimum Gasteiger partial charge on any atom is -0.475 e. The molecule has 13 N–H and O–H groups in total. The second-order valence-corrected chi connectivity index (χ2v) is 5.88. The SMILES string of the molecule is C.CC.CC.CC.CC.CC.CC.CC.CC.CC(C)C(C)NCC(=O)C(=O)O.CN.CN.CN.CN.CN[C@@H](CCCCN)C(C)=O. The van der Waals surface area contributed by atoms with Crippen molar-refractivity contribution < 1.29 is 19.5 Å². The Morgan fingerprint density at radius 2 is 0.875 bits per heavy atom. The van der Waals surface area contributed by atoms with E-state index in [1.807, 2.05) is 139 Å². The van der Waals surface area contributed by atoms with E-state index in [9.17, 15) is 14.4 Å². The standard InChI is InChI=1S/C8H18N2O.C8H15NO3.8C2H6.4CH5N.CH4/c1-7(11)8(10-2)5-3-4-6-9;1-5(2)6(3)9-4-7(10)8(11)12;12*1-2;/h8,10H,3-6,9H2,1-2H3;5-6,9H,4H2,1-3H3,(H,11,12);8*1-2H3;4*2H2,1H3;1H4/t8-;;;;;;;;;;;;;;/m0............../s1. The van der Waals surface area contributed by atoms with Crippen LogP contribution < -0.4 is 39.3 Å². The molecule has 312 valence electrons. The first-order valence-electron chi connectivity index (χ1n) is 18.4. The molecule has 0 saturated carbocycles. The zero-order chi connectivity index (χ0) is 42.4. The maximum Gasteiger partial charge on any atom is 0.373 e. The molecule has 0 radical (unpaired) electrons. The summed E-state index contributed by atoms with van der Waals surface area (Å²) in [4.78, 5) is 31.6. The number of Topliss-reactive ketones (excluding diaryl/α,β-unsaturated/α-hetero) is 2. The first-order valence-corrected chi connectivity index (χ1v) is 18.4. The first kappa shape index (κ1) is 97.0. The average Bonchev–Trinajstić information content (AvgIpc) is 3.18. The Hall–Kier alpha value is -1.47. The molecule has 0 aliphatic rings. The summed E-state index contributed by atoms with van der Waals surface area (Å²) in [6.45, 7) is 40.2. The number of carboxylic acids is 1. The summed E-state index contributed by atoms with van der Waals surface area (Å²) in [5.41, 5.74) is 23.3. The molecule has 0 bridgehead atoms. The molecule has 0 aromatic rings. The summed E-state index contributed by atoms with van der Waals surface area (Å²) in [7, 11) is 7.81. The van der Waals surface area contributed by atoms with Crippen molar-refractivity contribution in [1.29, 1.82) is 0 Å². The van der Waals surface area contributed by atoms with Crippen LogP contribution in [0.3, 0.4) is 0 Å². The average molecular weight is 712 g/mol. The van der Waals surface area contributed by atoms with Gasteiger partial charge in [-0.3, -0.25) is 9.59 Å². The molecule has 0 amide bonds. The molecule has 0 aromatic heterocycles. The van der Waals surface area contributed by atoms with Gasteiger partial charge in [0.15, 0.2) is 0 Å². The van der Waals surface area contributed by atoms with Crippen LogP contribution in [0.5, 0.6) is 0 Å². The van der Waals surface area contributed by atoms with Crippen molar-refractivity contribution in [2.24, 2.45) is 34.6 Å². The van der Waals surface area contributed by atoms with Crippen molar-refractivity contribution >= 4 is 17.5 Å². The van der Waals surface area contributed by atoms with Crippen LogP contribution >= 0.6 is 0 Å². The van der Waals surface area contributed by atoms with Gasteiger partial charge in [-0.05, 0) is 74.4 Å². The fraction of sp³-hybridized carbons (Fsp3) is 0.919. The summed E-state index contributed by atoms with van der Waals surface area (Å²) in [6, 6.07) is 0.190. The van der Waals surface area contributed by atoms with Crippen molar-refractivity contribution in [2.75, 3.05) is 48.3 Å². The third-order valence-electron chi connectivity index (χ3n) is 3.61. The van der Waals surface area contributed by atoms with E-state index in [0.29, 0.717) is 12.5 Å². The Morgan fingerprint density at radius 1 is 0.604 bits per heavy atom. The number of carbonyl (C=O) groups excluding carboxylic acids is 2. The highest BCUT2D eigenvalue weighted by molar-refractivity contribution is 6.33. The highest BCUT2D eigenvalue weighted by atomic mass is 16.4. The van der Waals surface area contributed by atoms with Crippen LogP contribution in [0.1, 0.15) is 165 Å². The molecule has 0 saturated heterocycles. The number of carboxylic acid groups (broad SMARTS) is 1. The third-order valence-corrected chi connectivity index (χ3v) is 3.61. The quantitative estimate of drug-likeness (QED) is 0.0764. The lowest BCUT2D eigenvalue weighted by Crippen LogP contribution is -2.37. The number of nitrogens with one attached hydrogen (secondary N) is 2. The second-order valence-electron chi connectivity index (χ2n) is 5.88. The molecule has 11 nitrogen and oxygen atoms in total. The summed E-state index contributed by atoms with van der Waals surface area (Å²) in [5, 5.41) is 14.0. The van der Waals surface area contributed by atoms with E-state index < -0.39 is 11.8 Å². The van der Waals surface area contributed by atoms with Crippen LogP contribution in [0.25, 0.3) is 0 Å². The number of hydrogen-bond donors (Lipinski definition) is 8. The van der Waals surface area contributed by atoms with Gasteiger partial charge in [-0.25, -0.2) is 4.79 Å². The number of unbranched alkanes of at least 4 members (excludes halogenated alkanes) is 1. The van der Waals surface area contributed by atoms with Gasteiger partial charge in [0.05, 0.1) is 12.6 Å². The fourth-order valence-electron chi connectivity index (χ4n) is 1.61. The summed E-state index contributed by atoms with van der Waals surface area (Å²) in [5.74, 6) is -1.56. The second kappa shape index (κ2) is 163. The molecule has 11 heteroatoms. The van der Waals surface area contributed by atoms with Crippen LogP contribution in [0, 0.1) is 5.92 Å². The maximum atomic E-state index is 10.9. The van der Waals surface area contributed by atoms with Gasteiger partial charge in [-0.15, -0.1) is 0 Å². The predicted molar refractivity (Wildman–Crippen MR) is 229 cm³/mol. The van der Waals surface area contributed by atoms with Gasteiger partial charge in [0.25, 0.3) is 5.78 Å². The molecule has 0 spiro atoms. The molecule has 1 unspecified atom stereocenters. The predicted octanol–water partition coefficient (Wildman–Crippen LogP) is 7.71. The van der Waals surface area contributed by atoms with E-state index in [-0.39, 0.29) is 31.8 Å². The lowest BCUT2D eigenvalue weighted by Gasteiger charge is -2.15. The van der Waals surface area contributed by atoms with Crippen LogP contribution in [-0.4, -0.2) is 83.1 Å². The van der Waals surface area contributed by atoms with Crippen molar-refractivity contribution in [3.8, 4) is 0 Å². The Labute approximate surface area is 307 Å². The number of hydrogen-bond acceptors (Lipinski definition) is 10. The van der Waals surface area contributed by atoms with E-state index in [4.69, 9.17) is 10.8 Å². The smallest absolute Gasteiger partial charge is 0.373 e. The van der Waals surface area contributed by atoms with Gasteiger partial charge >= 0.3 is 5.97 Å². The van der Waals surface area contributed by atoms with Crippen molar-refractivity contribution in [3.05, 3.63) is 0 Å². The monoisotopic (exact) mass is 712 g/mol. The van der Waals surface area contributed by atoms with Gasteiger partial charge < -0.3 is 44.4 Å². The Balaban J connectivity index is -0.0000000212. The largest absolute Gasteiger partial charge is 0.475 e. The normalized spacial score (nSPS) is 7.73. The number of carbonyl (C=O) groups is 3. The molecule has 0 aliphatic heterocycles. The van der Waals surface area contributed by atoms with Crippen LogP contribution in [0.2, 0.25) is 0 Å². The molecule has 0 aromatic carbocycles. The first-order chi connectivity index (χ1) is 22.7. The summed E-state index contributed by atoms with van der Waals surface area (Å²) < 4.78 is 0. The number of likely N-dealkylation sites (N-methyl/N-ethyl adjacent to an activating group) is 1. The zero-order valence-corrected chi connectivity index (χ0v) is 37.3. The topological polar surface area (TPSA) is 226 Å². The maximum absolute atomic E-state index is 10.9. The molecular formula is C37H105N7O4. The van der Waals surface area contributed by atoms with Crippen molar-refractivity contribution in [2.45, 2.75) is 177 Å². The van der Waals surface area contributed by atoms with E-state index in [2.05, 4.69) is 33.6 Å². The summed E-state index contributed by atoms with van der Waals surface area (Å²) in [6.07, 6.45) is 2.94. The van der Waals surface area contributed by atoms with Gasteiger partial charge in [0, 0.05) is 6.04 Å². The van der Waals surface area contributed by atoms with Crippen molar-refractivity contribution in [1.82, 2.24) is 10.6 Å². The molecule has 0 aliphatic carbocycles. The van der Waals surface area contributed by atoms with E-state index in [1.165, 1.54) is 28.2 Å². The minimum absolute atomic E-state index is 0. The Kier molecular flexibility index (Phi) is 330. The van der Waals surface area contributed by atoms with Crippen LogP contribution in [0.4, 0.5) is 0 Å². The lowest BCUT2D eigenvalue weighted by atomic mass is 10.1. The molecule has 2 atom stereocenters. The minimum atomic E-state index is -1.38. The van der Waals surface area contributed by atoms with Crippen LogP contribution in [-0.2, 0) is 14.4 Å². The Morgan fingerprint density at radius 3 is 1.04 bits per heavy atom. The van der Waals surface area contributed by atoms with Gasteiger partial charge in [-0.1, -0.05) is 138 Å². The number of rotatable bonds is 11. The zero-order valence-electron chi connectivity index (χ0n) is 37.3. The number of nitrogens with two attached hydrogens (primary N) is 5. The van der Waals surface area contributed by atoms with Gasteiger partial charge in [-0.2, -0.15) is 0 Å². The molecular weight excluding hydrogens is 606 g/mol. The van der Waals surface area contributed by atoms with Gasteiger partial charge in [0.2, 0.25) is 0 Å². The molecule has 0 rings (SSSR count). The highest BCUT2D eigenvalue weighted by Gasteiger charge is 2.13. The number of ketones is 2. The van der Waals surface area contributed by atoms with E-state index >= 15 is 0 Å². The molecule has 0 heterocycles. The fourth-order valence-corrected chi connectivity index (χ4v) is 1.61.